The zero-order chi connectivity index (χ0) is 34.2. The van der Waals surface area contributed by atoms with Crippen LogP contribution in [0.2, 0.25) is 0 Å². The van der Waals surface area contributed by atoms with Gasteiger partial charge >= 0.3 is 5.97 Å². The summed E-state index contributed by atoms with van der Waals surface area (Å²) in [5, 5.41) is 9.30. The molecule has 49 heavy (non-hydrogen) atoms. The van der Waals surface area contributed by atoms with E-state index in [1.807, 2.05) is 36.4 Å². The molecule has 6 rings (SSSR count). The van der Waals surface area contributed by atoms with Gasteiger partial charge in [-0.1, -0.05) is 48.5 Å². The normalized spacial score (nSPS) is 14.7. The van der Waals surface area contributed by atoms with E-state index in [2.05, 4.69) is 28.0 Å². The summed E-state index contributed by atoms with van der Waals surface area (Å²) in [4.78, 5) is 43.2. The summed E-state index contributed by atoms with van der Waals surface area (Å²) in [5.74, 6) is -0.740. The van der Waals surface area contributed by atoms with Crippen LogP contribution >= 0.6 is 0 Å². The van der Waals surface area contributed by atoms with E-state index in [1.54, 1.807) is 24.3 Å². The van der Waals surface area contributed by atoms with Gasteiger partial charge in [0.15, 0.2) is 0 Å². The van der Waals surface area contributed by atoms with E-state index in [0.717, 1.165) is 85.7 Å². The number of aliphatic carboxylic acids is 1. The SMILES string of the molecule is O=C(O)CCc1cc(CCc2ccccc2OCCCN2CCN(c3ccc(F)cc3)CC2)cc(CCN2C(=O)c3ccccc3C2=O)c1. The van der Waals surface area contributed by atoms with Crippen LogP contribution < -0.4 is 9.64 Å². The Morgan fingerprint density at radius 1 is 0.714 bits per heavy atom. The fourth-order valence-electron chi connectivity index (χ4n) is 6.69. The number of hydrogen-bond acceptors (Lipinski definition) is 6. The Bertz CT molecular complexity index is 1750. The molecule has 0 atom stereocenters. The number of benzene rings is 4. The maximum atomic E-state index is 13.3. The first-order valence-corrected chi connectivity index (χ1v) is 17.1. The number of amides is 2. The van der Waals surface area contributed by atoms with Gasteiger partial charge in [-0.25, -0.2) is 4.39 Å². The van der Waals surface area contributed by atoms with Gasteiger partial charge in [0.25, 0.3) is 11.8 Å². The van der Waals surface area contributed by atoms with Crippen molar-refractivity contribution in [3.05, 3.63) is 130 Å². The minimum absolute atomic E-state index is 0.0297. The van der Waals surface area contributed by atoms with Gasteiger partial charge in [-0.2, -0.15) is 0 Å². The summed E-state index contributed by atoms with van der Waals surface area (Å²) in [6, 6.07) is 27.8. The number of carboxylic acid groups (broad SMARTS) is 1. The Balaban J connectivity index is 1.02. The lowest BCUT2D eigenvalue weighted by atomic mass is 9.96. The first kappa shape index (κ1) is 33.9. The van der Waals surface area contributed by atoms with Crippen LogP contribution in [0.15, 0.2) is 91.0 Å². The van der Waals surface area contributed by atoms with Crippen molar-refractivity contribution in [3.63, 3.8) is 0 Å². The number of piperazine rings is 1. The maximum absolute atomic E-state index is 13.3. The van der Waals surface area contributed by atoms with Crippen molar-refractivity contribution in [1.29, 1.82) is 0 Å². The second kappa shape index (κ2) is 15.9. The van der Waals surface area contributed by atoms with Gasteiger partial charge in [0.1, 0.15) is 11.6 Å². The van der Waals surface area contributed by atoms with E-state index in [4.69, 9.17) is 4.74 Å². The molecular formula is C40H42FN3O5. The number of carbonyl (C=O) groups excluding carboxylic acids is 2. The van der Waals surface area contributed by atoms with Crippen LogP contribution in [-0.2, 0) is 30.5 Å². The molecule has 0 radical (unpaired) electrons. The average molecular weight is 664 g/mol. The van der Waals surface area contributed by atoms with Gasteiger partial charge in [-0.3, -0.25) is 24.2 Å². The van der Waals surface area contributed by atoms with Crippen molar-refractivity contribution < 1.29 is 28.6 Å². The van der Waals surface area contributed by atoms with Crippen molar-refractivity contribution in [3.8, 4) is 5.75 Å². The largest absolute Gasteiger partial charge is 0.493 e. The van der Waals surface area contributed by atoms with E-state index in [1.165, 1.54) is 17.0 Å². The number of para-hydroxylation sites is 1. The molecule has 0 spiro atoms. The Morgan fingerprint density at radius 2 is 1.33 bits per heavy atom. The molecule has 0 bridgehead atoms. The third-order valence-corrected chi connectivity index (χ3v) is 9.34. The van der Waals surface area contributed by atoms with E-state index >= 15 is 0 Å². The Labute approximate surface area is 286 Å². The zero-order valence-corrected chi connectivity index (χ0v) is 27.7. The van der Waals surface area contributed by atoms with Gasteiger partial charge in [0.05, 0.1) is 17.7 Å². The Kier molecular flexibility index (Phi) is 11.0. The summed E-state index contributed by atoms with van der Waals surface area (Å²) in [6.45, 7) is 5.57. The predicted molar refractivity (Wildman–Crippen MR) is 187 cm³/mol. The highest BCUT2D eigenvalue weighted by molar-refractivity contribution is 6.21. The van der Waals surface area contributed by atoms with E-state index in [9.17, 15) is 23.9 Å². The molecule has 0 saturated carbocycles. The first-order valence-electron chi connectivity index (χ1n) is 17.1. The zero-order valence-electron chi connectivity index (χ0n) is 27.7. The molecule has 254 valence electrons. The lowest BCUT2D eigenvalue weighted by Crippen LogP contribution is -2.46. The number of fused-ring (bicyclic) bond motifs is 1. The number of nitrogens with zero attached hydrogens (tertiary/aromatic N) is 3. The monoisotopic (exact) mass is 663 g/mol. The molecule has 1 N–H and O–H groups in total. The van der Waals surface area contributed by atoms with Crippen molar-refractivity contribution >= 4 is 23.5 Å². The van der Waals surface area contributed by atoms with Crippen LogP contribution in [-0.4, -0.2) is 78.6 Å². The molecule has 1 fully saturated rings. The highest BCUT2D eigenvalue weighted by Gasteiger charge is 2.34. The van der Waals surface area contributed by atoms with Gasteiger partial charge in [0, 0.05) is 51.4 Å². The second-order valence-electron chi connectivity index (χ2n) is 12.7. The third-order valence-electron chi connectivity index (χ3n) is 9.34. The molecule has 2 aliphatic heterocycles. The van der Waals surface area contributed by atoms with Crippen LogP contribution in [0, 0.1) is 5.82 Å². The molecule has 4 aromatic rings. The number of rotatable bonds is 15. The molecule has 2 heterocycles. The van der Waals surface area contributed by atoms with Gasteiger partial charge < -0.3 is 14.7 Å². The van der Waals surface area contributed by atoms with Crippen molar-refractivity contribution in [2.45, 2.75) is 38.5 Å². The summed E-state index contributed by atoms with van der Waals surface area (Å²) in [6.07, 6.45) is 3.32. The van der Waals surface area contributed by atoms with Crippen LogP contribution in [0.4, 0.5) is 10.1 Å². The van der Waals surface area contributed by atoms with E-state index < -0.39 is 5.97 Å². The molecule has 0 unspecified atom stereocenters. The summed E-state index contributed by atoms with van der Waals surface area (Å²) >= 11 is 0. The summed E-state index contributed by atoms with van der Waals surface area (Å²) in [7, 11) is 0. The summed E-state index contributed by atoms with van der Waals surface area (Å²) < 4.78 is 19.6. The number of imide groups is 1. The number of carbonyl (C=O) groups is 3. The minimum Gasteiger partial charge on any atom is -0.493 e. The second-order valence-corrected chi connectivity index (χ2v) is 12.7. The average Bonchev–Trinajstić information content (AvgIpc) is 3.36. The number of hydrogen-bond donors (Lipinski definition) is 1. The molecular weight excluding hydrogens is 621 g/mol. The van der Waals surface area contributed by atoms with Gasteiger partial charge in [-0.05, 0) is 96.8 Å². The molecule has 9 heteroatoms. The van der Waals surface area contributed by atoms with Crippen molar-refractivity contribution in [2.24, 2.45) is 0 Å². The van der Waals surface area contributed by atoms with Crippen LogP contribution in [0.1, 0.15) is 55.8 Å². The molecule has 0 aromatic heterocycles. The molecule has 2 aliphatic rings. The molecule has 2 amide bonds. The minimum atomic E-state index is -0.851. The Hall–Kier alpha value is -5.02. The molecule has 8 nitrogen and oxygen atoms in total. The van der Waals surface area contributed by atoms with Crippen molar-refractivity contribution in [1.82, 2.24) is 9.80 Å². The molecule has 4 aromatic carbocycles. The number of carboxylic acids is 1. The highest BCUT2D eigenvalue weighted by Crippen LogP contribution is 2.25. The third kappa shape index (κ3) is 8.72. The topological polar surface area (TPSA) is 90.4 Å². The quantitative estimate of drug-likeness (QED) is 0.122. The van der Waals surface area contributed by atoms with Crippen molar-refractivity contribution in [2.75, 3.05) is 50.8 Å². The van der Waals surface area contributed by atoms with Crippen LogP contribution in [0.5, 0.6) is 5.75 Å². The smallest absolute Gasteiger partial charge is 0.303 e. The fourth-order valence-corrected chi connectivity index (χ4v) is 6.69. The van der Waals surface area contributed by atoms with E-state index in [-0.39, 0.29) is 30.6 Å². The highest BCUT2D eigenvalue weighted by atomic mass is 19.1. The maximum Gasteiger partial charge on any atom is 0.303 e. The predicted octanol–water partition coefficient (Wildman–Crippen LogP) is 6.06. The number of aryl methyl sites for hydroxylation is 3. The van der Waals surface area contributed by atoms with Gasteiger partial charge in [0.2, 0.25) is 0 Å². The van der Waals surface area contributed by atoms with Crippen LogP contribution in [0.3, 0.4) is 0 Å². The lowest BCUT2D eigenvalue weighted by Gasteiger charge is -2.36. The lowest BCUT2D eigenvalue weighted by molar-refractivity contribution is -0.136. The molecule has 1 saturated heterocycles. The molecule has 0 aliphatic carbocycles. The van der Waals surface area contributed by atoms with E-state index in [0.29, 0.717) is 30.6 Å². The van der Waals surface area contributed by atoms with Crippen LogP contribution in [0.25, 0.3) is 0 Å². The Morgan fingerprint density at radius 3 is 2.00 bits per heavy atom. The number of halogens is 1. The number of anilines is 1. The number of ether oxygens (including phenoxy) is 1. The first-order chi connectivity index (χ1) is 23.8. The standard InChI is InChI=1S/C40H42FN3O5/c41-33-13-15-34(16-14-33)43-23-21-42(22-24-43)19-5-25-49-37-9-4-1-6-32(37)12-10-29-26-30(11-17-38(45)46)28-31(27-29)18-20-44-39(47)35-7-2-3-8-36(35)40(44)48/h1-4,6-9,13-16,26-28H,5,10-12,17-25H2,(H,45,46). The fraction of sp³-hybridized carbons (Fsp3) is 0.325. The van der Waals surface area contributed by atoms with Gasteiger partial charge in [-0.15, -0.1) is 0 Å². The summed E-state index contributed by atoms with van der Waals surface area (Å²) in [5.41, 5.74) is 6.02.